The number of aromatic nitrogens is 1. The molecule has 0 bridgehead atoms. The minimum absolute atomic E-state index is 0.109. The molecule has 1 unspecified atom stereocenters. The molecule has 0 aliphatic rings. The van der Waals surface area contributed by atoms with Gasteiger partial charge in [0, 0.05) is 18.3 Å². The summed E-state index contributed by atoms with van der Waals surface area (Å²) in [5.41, 5.74) is 9.88. The van der Waals surface area contributed by atoms with Crippen molar-refractivity contribution in [2.45, 2.75) is 25.8 Å². The van der Waals surface area contributed by atoms with E-state index in [4.69, 9.17) is 10.5 Å². The van der Waals surface area contributed by atoms with E-state index in [0.717, 1.165) is 18.4 Å². The Kier molecular flexibility index (Phi) is 4.53. The summed E-state index contributed by atoms with van der Waals surface area (Å²) in [6.45, 7) is 2.09. The molecule has 0 saturated heterocycles. The third-order valence-electron chi connectivity index (χ3n) is 3.12. The van der Waals surface area contributed by atoms with Crippen LogP contribution in [0.1, 0.15) is 16.7 Å². The molecule has 1 aromatic heterocycles. The van der Waals surface area contributed by atoms with Gasteiger partial charge in [-0.05, 0) is 30.9 Å². The molecule has 0 spiro atoms. The van der Waals surface area contributed by atoms with Gasteiger partial charge in [0.25, 0.3) is 0 Å². The minimum Gasteiger partial charge on any atom is -0.481 e. The van der Waals surface area contributed by atoms with Gasteiger partial charge in [0.15, 0.2) is 0 Å². The number of pyridine rings is 1. The van der Waals surface area contributed by atoms with Crippen LogP contribution in [0.25, 0.3) is 0 Å². The molecule has 0 fully saturated rings. The number of methoxy groups -OCH3 is 1. The zero-order chi connectivity index (χ0) is 13.7. The standard InChI is InChI=1S/C16H20N2O/c1-12-3-5-13(6-4-12)9-15(17)10-14-7-8-16(19-2)18-11-14/h3-8,11,15H,9-10,17H2,1-2H3. The second-order valence-corrected chi connectivity index (χ2v) is 4.86. The van der Waals surface area contributed by atoms with Crippen LogP contribution in [0, 0.1) is 6.92 Å². The Bertz CT molecular complexity index is 505. The molecule has 3 nitrogen and oxygen atoms in total. The Labute approximate surface area is 114 Å². The molecule has 0 radical (unpaired) electrons. The monoisotopic (exact) mass is 256 g/mol. The van der Waals surface area contributed by atoms with E-state index in [1.807, 2.05) is 18.3 Å². The average Bonchev–Trinajstić information content (AvgIpc) is 2.42. The Morgan fingerprint density at radius 3 is 2.26 bits per heavy atom. The molecular formula is C16H20N2O. The van der Waals surface area contributed by atoms with E-state index < -0.39 is 0 Å². The fourth-order valence-electron chi connectivity index (χ4n) is 2.05. The van der Waals surface area contributed by atoms with Gasteiger partial charge < -0.3 is 10.5 Å². The maximum Gasteiger partial charge on any atom is 0.212 e. The molecule has 3 heteroatoms. The van der Waals surface area contributed by atoms with E-state index in [-0.39, 0.29) is 6.04 Å². The number of aryl methyl sites for hydroxylation is 1. The fourth-order valence-corrected chi connectivity index (χ4v) is 2.05. The molecule has 0 amide bonds. The van der Waals surface area contributed by atoms with Crippen LogP contribution in [0.5, 0.6) is 5.88 Å². The molecule has 1 aromatic carbocycles. The van der Waals surface area contributed by atoms with E-state index in [1.54, 1.807) is 7.11 Å². The lowest BCUT2D eigenvalue weighted by atomic mass is 10.00. The van der Waals surface area contributed by atoms with Gasteiger partial charge in [0.05, 0.1) is 7.11 Å². The van der Waals surface area contributed by atoms with E-state index in [0.29, 0.717) is 5.88 Å². The highest BCUT2D eigenvalue weighted by atomic mass is 16.5. The van der Waals surface area contributed by atoms with Gasteiger partial charge in [-0.2, -0.15) is 0 Å². The summed E-state index contributed by atoms with van der Waals surface area (Å²) in [6.07, 6.45) is 3.53. The molecule has 19 heavy (non-hydrogen) atoms. The van der Waals surface area contributed by atoms with Gasteiger partial charge in [-0.15, -0.1) is 0 Å². The number of hydrogen-bond acceptors (Lipinski definition) is 3. The Morgan fingerprint density at radius 1 is 1.05 bits per heavy atom. The summed E-state index contributed by atoms with van der Waals surface area (Å²) in [5.74, 6) is 0.635. The lowest BCUT2D eigenvalue weighted by Crippen LogP contribution is -2.25. The van der Waals surface area contributed by atoms with Crippen molar-refractivity contribution in [2.24, 2.45) is 5.73 Å². The van der Waals surface area contributed by atoms with Crippen LogP contribution in [0.2, 0.25) is 0 Å². The summed E-state index contributed by atoms with van der Waals surface area (Å²) in [6, 6.07) is 12.5. The van der Waals surface area contributed by atoms with Crippen LogP contribution in [0.15, 0.2) is 42.6 Å². The zero-order valence-electron chi connectivity index (χ0n) is 11.5. The predicted molar refractivity (Wildman–Crippen MR) is 77.4 cm³/mol. The third kappa shape index (κ3) is 4.07. The number of hydrogen-bond donors (Lipinski definition) is 1. The zero-order valence-corrected chi connectivity index (χ0v) is 11.5. The van der Waals surface area contributed by atoms with Gasteiger partial charge in [-0.25, -0.2) is 4.98 Å². The maximum atomic E-state index is 6.19. The molecule has 1 heterocycles. The van der Waals surface area contributed by atoms with Crippen LogP contribution in [-0.4, -0.2) is 18.1 Å². The van der Waals surface area contributed by atoms with E-state index in [9.17, 15) is 0 Å². The normalized spacial score (nSPS) is 12.2. The van der Waals surface area contributed by atoms with Crippen molar-refractivity contribution < 1.29 is 4.74 Å². The smallest absolute Gasteiger partial charge is 0.212 e. The SMILES string of the molecule is COc1ccc(CC(N)Cc2ccc(C)cc2)cn1. The summed E-state index contributed by atoms with van der Waals surface area (Å²) in [4.78, 5) is 4.19. The molecule has 0 aliphatic heterocycles. The van der Waals surface area contributed by atoms with Gasteiger partial charge in [-0.3, -0.25) is 0 Å². The van der Waals surface area contributed by atoms with Crippen molar-refractivity contribution in [2.75, 3.05) is 7.11 Å². The Morgan fingerprint density at radius 2 is 1.68 bits per heavy atom. The molecule has 0 aliphatic carbocycles. The molecular weight excluding hydrogens is 236 g/mol. The third-order valence-corrected chi connectivity index (χ3v) is 3.12. The number of nitrogens with zero attached hydrogens (tertiary/aromatic N) is 1. The van der Waals surface area contributed by atoms with Crippen LogP contribution in [0.4, 0.5) is 0 Å². The molecule has 2 N–H and O–H groups in total. The van der Waals surface area contributed by atoms with Crippen molar-refractivity contribution in [1.29, 1.82) is 0 Å². The molecule has 0 saturated carbocycles. The van der Waals surface area contributed by atoms with Crippen molar-refractivity contribution in [1.82, 2.24) is 4.98 Å². The molecule has 1 atom stereocenters. The second-order valence-electron chi connectivity index (χ2n) is 4.86. The van der Waals surface area contributed by atoms with Crippen LogP contribution < -0.4 is 10.5 Å². The quantitative estimate of drug-likeness (QED) is 0.894. The van der Waals surface area contributed by atoms with Crippen molar-refractivity contribution in [3.05, 3.63) is 59.3 Å². The first-order valence-corrected chi connectivity index (χ1v) is 6.47. The predicted octanol–water partition coefficient (Wildman–Crippen LogP) is 2.51. The summed E-state index contributed by atoms with van der Waals surface area (Å²) < 4.78 is 5.04. The average molecular weight is 256 g/mol. The highest BCUT2D eigenvalue weighted by Gasteiger charge is 2.06. The lowest BCUT2D eigenvalue weighted by molar-refractivity contribution is 0.397. The van der Waals surface area contributed by atoms with Crippen LogP contribution in [-0.2, 0) is 12.8 Å². The summed E-state index contributed by atoms with van der Waals surface area (Å²) in [5, 5.41) is 0. The van der Waals surface area contributed by atoms with Gasteiger partial charge in [0.2, 0.25) is 5.88 Å². The number of ether oxygens (including phenoxy) is 1. The first kappa shape index (κ1) is 13.6. The minimum atomic E-state index is 0.109. The maximum absolute atomic E-state index is 6.19. The number of benzene rings is 1. The van der Waals surface area contributed by atoms with Crippen LogP contribution in [0.3, 0.4) is 0 Å². The highest BCUT2D eigenvalue weighted by Crippen LogP contribution is 2.11. The first-order chi connectivity index (χ1) is 9.17. The summed E-state index contributed by atoms with van der Waals surface area (Å²) >= 11 is 0. The van der Waals surface area contributed by atoms with Crippen molar-refractivity contribution >= 4 is 0 Å². The van der Waals surface area contributed by atoms with Crippen LogP contribution >= 0.6 is 0 Å². The van der Waals surface area contributed by atoms with Crippen molar-refractivity contribution in [3.8, 4) is 5.88 Å². The van der Waals surface area contributed by atoms with Gasteiger partial charge >= 0.3 is 0 Å². The van der Waals surface area contributed by atoms with E-state index >= 15 is 0 Å². The fraction of sp³-hybridized carbons (Fsp3) is 0.312. The largest absolute Gasteiger partial charge is 0.481 e. The van der Waals surface area contributed by atoms with Gasteiger partial charge in [0.1, 0.15) is 0 Å². The number of rotatable bonds is 5. The van der Waals surface area contributed by atoms with Gasteiger partial charge in [-0.1, -0.05) is 35.9 Å². The molecule has 100 valence electrons. The van der Waals surface area contributed by atoms with Crippen molar-refractivity contribution in [3.63, 3.8) is 0 Å². The lowest BCUT2D eigenvalue weighted by Gasteiger charge is -2.12. The Balaban J connectivity index is 1.92. The van der Waals surface area contributed by atoms with E-state index in [2.05, 4.69) is 36.2 Å². The number of nitrogens with two attached hydrogens (primary N) is 1. The molecule has 2 aromatic rings. The summed E-state index contributed by atoms with van der Waals surface area (Å²) in [7, 11) is 1.62. The Hall–Kier alpha value is -1.87. The topological polar surface area (TPSA) is 48.1 Å². The second kappa shape index (κ2) is 6.34. The highest BCUT2D eigenvalue weighted by molar-refractivity contribution is 5.23. The van der Waals surface area contributed by atoms with E-state index in [1.165, 1.54) is 11.1 Å². The molecule has 2 rings (SSSR count). The first-order valence-electron chi connectivity index (χ1n) is 6.47.